The van der Waals surface area contributed by atoms with Crippen molar-refractivity contribution >= 4 is 0 Å². The first kappa shape index (κ1) is 16.1. The average Bonchev–Trinajstić information content (AvgIpc) is 2.64. The van der Waals surface area contributed by atoms with Crippen LogP contribution in [0, 0.1) is 0 Å². The molecule has 0 aliphatic heterocycles. The van der Waals surface area contributed by atoms with E-state index in [9.17, 15) is 4.79 Å². The topological polar surface area (TPSA) is 31.2 Å². The van der Waals surface area contributed by atoms with Crippen LogP contribution < -0.4 is 10.4 Å². The van der Waals surface area contributed by atoms with Gasteiger partial charge in [-0.2, -0.15) is 0 Å². The molecule has 0 saturated carbocycles. The van der Waals surface area contributed by atoms with E-state index >= 15 is 0 Å². The third-order valence-corrected chi connectivity index (χ3v) is 3.89. The molecule has 0 spiro atoms. The Labute approximate surface area is 142 Å². The zero-order chi connectivity index (χ0) is 16.8. The van der Waals surface area contributed by atoms with Crippen LogP contribution in [0.4, 0.5) is 0 Å². The van der Waals surface area contributed by atoms with Crippen molar-refractivity contribution in [3.8, 4) is 22.4 Å². The molecule has 2 aromatic carbocycles. The van der Waals surface area contributed by atoms with E-state index in [4.69, 9.17) is 4.84 Å². The van der Waals surface area contributed by atoms with Gasteiger partial charge in [-0.1, -0.05) is 74.0 Å². The van der Waals surface area contributed by atoms with Gasteiger partial charge in [0.25, 0.3) is 5.56 Å². The first-order valence-electron chi connectivity index (χ1n) is 8.31. The number of unbranched alkanes of at least 4 members (excludes halogenated alkanes) is 1. The molecule has 24 heavy (non-hydrogen) atoms. The van der Waals surface area contributed by atoms with Gasteiger partial charge in [-0.3, -0.25) is 4.79 Å². The SMILES string of the molecule is CCCCOn1c(-c2ccccc2)cc(-c2ccccc2)cc1=O. The lowest BCUT2D eigenvalue weighted by Crippen LogP contribution is -2.28. The normalized spacial score (nSPS) is 10.5. The van der Waals surface area contributed by atoms with E-state index in [-0.39, 0.29) is 5.56 Å². The Morgan fingerprint density at radius 1 is 0.833 bits per heavy atom. The Morgan fingerprint density at radius 3 is 2.08 bits per heavy atom. The van der Waals surface area contributed by atoms with Crippen molar-refractivity contribution in [3.63, 3.8) is 0 Å². The van der Waals surface area contributed by atoms with Gasteiger partial charge in [-0.15, -0.1) is 4.73 Å². The average molecular weight is 319 g/mol. The highest BCUT2D eigenvalue weighted by Crippen LogP contribution is 2.24. The maximum Gasteiger partial charge on any atom is 0.284 e. The minimum atomic E-state index is -0.147. The van der Waals surface area contributed by atoms with E-state index in [1.807, 2.05) is 66.7 Å². The Hall–Kier alpha value is -2.81. The zero-order valence-corrected chi connectivity index (χ0v) is 13.8. The predicted molar refractivity (Wildman–Crippen MR) is 97.9 cm³/mol. The Morgan fingerprint density at radius 2 is 1.46 bits per heavy atom. The quantitative estimate of drug-likeness (QED) is 0.630. The molecule has 3 aromatic rings. The van der Waals surface area contributed by atoms with Crippen molar-refractivity contribution in [2.45, 2.75) is 19.8 Å². The summed E-state index contributed by atoms with van der Waals surface area (Å²) in [5.74, 6) is 0. The summed E-state index contributed by atoms with van der Waals surface area (Å²) in [7, 11) is 0. The van der Waals surface area contributed by atoms with E-state index in [0.717, 1.165) is 35.2 Å². The highest BCUT2D eigenvalue weighted by atomic mass is 16.7. The molecule has 1 heterocycles. The van der Waals surface area contributed by atoms with Crippen LogP contribution in [0.25, 0.3) is 22.4 Å². The van der Waals surface area contributed by atoms with Crippen LogP contribution in [0.1, 0.15) is 19.8 Å². The number of rotatable bonds is 6. The Kier molecular flexibility index (Phi) is 5.12. The number of hydrogen-bond donors (Lipinski definition) is 0. The van der Waals surface area contributed by atoms with E-state index < -0.39 is 0 Å². The largest absolute Gasteiger partial charge is 0.410 e. The van der Waals surface area contributed by atoms with Crippen LogP contribution in [-0.4, -0.2) is 11.3 Å². The molecule has 0 atom stereocenters. The van der Waals surface area contributed by atoms with Gasteiger partial charge in [0.1, 0.15) is 6.61 Å². The van der Waals surface area contributed by atoms with Crippen molar-refractivity contribution < 1.29 is 4.84 Å². The lowest BCUT2D eigenvalue weighted by atomic mass is 10.0. The molecular weight excluding hydrogens is 298 g/mol. The zero-order valence-electron chi connectivity index (χ0n) is 13.8. The second-order valence-corrected chi connectivity index (χ2v) is 5.68. The van der Waals surface area contributed by atoms with Crippen LogP contribution in [0.15, 0.2) is 77.6 Å². The number of aromatic nitrogens is 1. The molecule has 0 aliphatic rings. The van der Waals surface area contributed by atoms with E-state index in [1.54, 1.807) is 6.07 Å². The summed E-state index contributed by atoms with van der Waals surface area (Å²) in [4.78, 5) is 18.4. The standard InChI is InChI=1S/C21H21NO2/c1-2-3-14-24-22-20(18-12-8-5-9-13-18)15-19(16-21(22)23)17-10-6-4-7-11-17/h4-13,15-16H,2-3,14H2,1H3. The fraction of sp³-hybridized carbons (Fsp3) is 0.190. The molecule has 0 fully saturated rings. The Bertz CT molecular complexity index is 839. The smallest absolute Gasteiger partial charge is 0.284 e. The summed E-state index contributed by atoms with van der Waals surface area (Å²) in [5, 5.41) is 0. The summed E-state index contributed by atoms with van der Waals surface area (Å²) in [5.41, 5.74) is 3.51. The minimum Gasteiger partial charge on any atom is -0.410 e. The summed E-state index contributed by atoms with van der Waals surface area (Å²) in [6, 6.07) is 23.4. The molecule has 0 saturated heterocycles. The van der Waals surface area contributed by atoms with Crippen molar-refractivity contribution in [1.82, 2.24) is 4.73 Å². The van der Waals surface area contributed by atoms with Gasteiger partial charge in [-0.05, 0) is 23.6 Å². The molecule has 0 N–H and O–H groups in total. The lowest BCUT2D eigenvalue weighted by molar-refractivity contribution is 0.103. The fourth-order valence-electron chi connectivity index (χ4n) is 2.60. The lowest BCUT2D eigenvalue weighted by Gasteiger charge is -2.15. The maximum atomic E-state index is 12.6. The number of benzene rings is 2. The van der Waals surface area contributed by atoms with Crippen molar-refractivity contribution in [2.75, 3.05) is 6.61 Å². The summed E-state index contributed by atoms with van der Waals surface area (Å²) < 4.78 is 1.41. The number of hydrogen-bond acceptors (Lipinski definition) is 2. The van der Waals surface area contributed by atoms with Gasteiger partial charge in [0, 0.05) is 11.6 Å². The molecule has 0 bridgehead atoms. The van der Waals surface area contributed by atoms with Crippen LogP contribution in [0.5, 0.6) is 0 Å². The summed E-state index contributed by atoms with van der Waals surface area (Å²) >= 11 is 0. The van der Waals surface area contributed by atoms with Crippen LogP contribution in [-0.2, 0) is 0 Å². The minimum absolute atomic E-state index is 0.147. The van der Waals surface area contributed by atoms with Gasteiger partial charge in [0.2, 0.25) is 0 Å². The van der Waals surface area contributed by atoms with Crippen LogP contribution in [0.3, 0.4) is 0 Å². The van der Waals surface area contributed by atoms with Crippen molar-refractivity contribution in [1.29, 1.82) is 0 Å². The molecule has 0 aliphatic carbocycles. The molecule has 0 amide bonds. The Balaban J connectivity index is 2.10. The van der Waals surface area contributed by atoms with Gasteiger partial charge in [0.15, 0.2) is 0 Å². The highest BCUT2D eigenvalue weighted by molar-refractivity contribution is 5.70. The second-order valence-electron chi connectivity index (χ2n) is 5.68. The molecule has 0 radical (unpaired) electrons. The summed E-state index contributed by atoms with van der Waals surface area (Å²) in [6.07, 6.45) is 1.94. The number of pyridine rings is 1. The molecule has 1 aromatic heterocycles. The van der Waals surface area contributed by atoms with Gasteiger partial charge < -0.3 is 4.84 Å². The van der Waals surface area contributed by atoms with Crippen LogP contribution in [0.2, 0.25) is 0 Å². The number of nitrogens with zero attached hydrogens (tertiary/aromatic N) is 1. The van der Waals surface area contributed by atoms with Crippen LogP contribution >= 0.6 is 0 Å². The third-order valence-electron chi connectivity index (χ3n) is 3.89. The monoisotopic (exact) mass is 319 g/mol. The van der Waals surface area contributed by atoms with Crippen molar-refractivity contribution in [3.05, 3.63) is 83.2 Å². The fourth-order valence-corrected chi connectivity index (χ4v) is 2.60. The summed E-state index contributed by atoms with van der Waals surface area (Å²) in [6.45, 7) is 2.63. The highest BCUT2D eigenvalue weighted by Gasteiger charge is 2.11. The maximum absolute atomic E-state index is 12.6. The third kappa shape index (κ3) is 3.57. The molecule has 122 valence electrons. The van der Waals surface area contributed by atoms with Gasteiger partial charge in [0.05, 0.1) is 5.69 Å². The van der Waals surface area contributed by atoms with Crippen molar-refractivity contribution in [2.24, 2.45) is 0 Å². The predicted octanol–water partition coefficient (Wildman–Crippen LogP) is 4.41. The van der Waals surface area contributed by atoms with E-state index in [0.29, 0.717) is 6.61 Å². The second kappa shape index (κ2) is 7.64. The molecule has 3 heteroatoms. The molecule has 3 rings (SSSR count). The van der Waals surface area contributed by atoms with E-state index in [2.05, 4.69) is 6.92 Å². The molecular formula is C21H21NO2. The van der Waals surface area contributed by atoms with E-state index in [1.165, 1.54) is 4.73 Å². The van der Waals surface area contributed by atoms with Gasteiger partial charge in [-0.25, -0.2) is 0 Å². The van der Waals surface area contributed by atoms with Gasteiger partial charge >= 0.3 is 0 Å². The first-order valence-corrected chi connectivity index (χ1v) is 8.31. The molecule has 0 unspecified atom stereocenters. The first-order chi connectivity index (χ1) is 11.8. The molecule has 3 nitrogen and oxygen atoms in total.